The average Bonchev–Trinajstić information content (AvgIpc) is 0.800. The van der Waals surface area contributed by atoms with Crippen molar-refractivity contribution in [3.63, 3.8) is 0 Å². The molecule has 0 radical (unpaired) electrons. The normalized spacial score (nSPS) is 15.0. The third kappa shape index (κ3) is 15.3. The number of rotatable bonds is 18. The number of ether oxygens (including phenoxy) is 6. The van der Waals surface area contributed by atoms with Crippen LogP contribution in [0.25, 0.3) is 21.8 Å². The van der Waals surface area contributed by atoms with Crippen LogP contribution in [0.1, 0.15) is 131 Å². The van der Waals surface area contributed by atoms with Crippen LogP contribution in [0, 0.1) is 34.1 Å². The molecule has 0 saturated carbocycles. The Morgan fingerprint density at radius 1 is 0.596 bits per heavy atom. The van der Waals surface area contributed by atoms with E-state index < -0.39 is 75.9 Å². The zero-order valence-electron chi connectivity index (χ0n) is 53.7. The summed E-state index contributed by atoms with van der Waals surface area (Å²) in [7, 11) is 0.758. The lowest BCUT2D eigenvalue weighted by atomic mass is 9.86. The van der Waals surface area contributed by atoms with E-state index in [4.69, 9.17) is 56.0 Å². The second kappa shape index (κ2) is 28.5. The summed E-state index contributed by atoms with van der Waals surface area (Å²) in [6.45, 7) is 29.8. The molecule has 4 heterocycles. The summed E-state index contributed by atoms with van der Waals surface area (Å²) in [4.78, 5) is 57.1. The van der Waals surface area contributed by atoms with Gasteiger partial charge >= 0.3 is 11.9 Å². The number of benzene rings is 4. The van der Waals surface area contributed by atoms with Gasteiger partial charge < -0.3 is 56.9 Å². The van der Waals surface area contributed by atoms with Crippen LogP contribution in [0.3, 0.4) is 0 Å². The second-order valence-electron chi connectivity index (χ2n) is 25.9. The molecule has 16 nitrogen and oxygen atoms in total. The number of carbonyl (C=O) groups is 2. The largest absolute Gasteiger partial charge is 0.496 e. The van der Waals surface area contributed by atoms with Gasteiger partial charge in [-0.1, -0.05) is 85.5 Å². The molecule has 2 aromatic heterocycles. The first-order valence-electron chi connectivity index (χ1n) is 29.8. The summed E-state index contributed by atoms with van der Waals surface area (Å²) in [5, 5.41) is 9.47. The maximum absolute atomic E-state index is 15.6. The van der Waals surface area contributed by atoms with Gasteiger partial charge in [0, 0.05) is 74.3 Å². The fourth-order valence-electron chi connectivity index (χ4n) is 10.8. The van der Waals surface area contributed by atoms with E-state index >= 15 is 17.6 Å². The number of pyridine rings is 2. The van der Waals surface area contributed by atoms with Gasteiger partial charge in [-0.25, -0.2) is 27.2 Å². The first kappa shape index (κ1) is 70.3. The first-order valence-corrected chi connectivity index (χ1v) is 33.5. The smallest absolute Gasteiger partial charge is 0.343 e. The highest BCUT2D eigenvalue weighted by atomic mass is 35.5. The zero-order chi connectivity index (χ0) is 65.8. The van der Waals surface area contributed by atoms with Crippen molar-refractivity contribution in [1.82, 2.24) is 9.13 Å². The molecule has 23 heteroatoms. The number of hydrogen-bond acceptors (Lipinski definition) is 14. The number of morpholine rings is 2. The van der Waals surface area contributed by atoms with Crippen LogP contribution in [0.15, 0.2) is 58.4 Å². The molecular formula is C66H84Cl2F4N4O12Si. The fourth-order valence-corrected chi connectivity index (χ4v) is 12.2. The van der Waals surface area contributed by atoms with E-state index in [1.54, 1.807) is 52.6 Å². The van der Waals surface area contributed by atoms with Crippen molar-refractivity contribution in [3.8, 4) is 11.5 Å². The van der Waals surface area contributed by atoms with Gasteiger partial charge in [-0.3, -0.25) is 9.59 Å². The summed E-state index contributed by atoms with van der Waals surface area (Å²) in [6.07, 6.45) is 2.83. The number of esters is 2. The second-order valence-corrected chi connectivity index (χ2v) is 31.5. The number of aliphatic hydroxyl groups excluding tert-OH is 1. The number of anilines is 2. The Kier molecular flexibility index (Phi) is 22.5. The van der Waals surface area contributed by atoms with Crippen molar-refractivity contribution in [2.24, 2.45) is 10.8 Å². The SMILES string of the molecule is CCOC(=O)c1cn([C@H](CO)C(C)(C)C)c2cc(OC)c(Cc3cc(N4CCOCC4)c(F)c(Cl)c3F)cc2c1=O.CCOC(=O)c1cn([C@H](CO[Si](C)(C)C(C)(C)C)C(C)(C)C)c2cc(OC)c(Cc3cc(N4CCOCC4)c(F)c(Cl)c3F)cc2c1=O. The lowest BCUT2D eigenvalue weighted by Gasteiger charge is -2.40. The summed E-state index contributed by atoms with van der Waals surface area (Å²) >= 11 is 12.3. The molecular weight excluding hydrogens is 1220 g/mol. The van der Waals surface area contributed by atoms with Crippen molar-refractivity contribution in [3.05, 3.63) is 136 Å². The zero-order valence-corrected chi connectivity index (χ0v) is 56.2. The molecule has 2 fully saturated rings. The number of carbonyl (C=O) groups excluding carboxylic acids is 2. The molecule has 0 amide bonds. The number of halogens is 6. The number of hydrogen-bond donors (Lipinski definition) is 1. The Morgan fingerprint density at radius 3 is 1.29 bits per heavy atom. The van der Waals surface area contributed by atoms with E-state index in [1.807, 2.05) is 25.3 Å². The number of methoxy groups -OCH3 is 2. The average molecular weight is 1300 g/mol. The number of fused-ring (bicyclic) bond motifs is 2. The number of aliphatic hydroxyl groups is 1. The highest BCUT2D eigenvalue weighted by molar-refractivity contribution is 6.74. The van der Waals surface area contributed by atoms with Crippen LogP contribution in [0.5, 0.6) is 11.5 Å². The van der Waals surface area contributed by atoms with E-state index in [9.17, 15) is 24.3 Å². The Morgan fingerprint density at radius 2 is 0.966 bits per heavy atom. The van der Waals surface area contributed by atoms with Crippen molar-refractivity contribution < 1.29 is 65.1 Å². The van der Waals surface area contributed by atoms with Crippen LogP contribution in [-0.2, 0) is 36.2 Å². The van der Waals surface area contributed by atoms with E-state index in [2.05, 4.69) is 54.6 Å². The molecule has 89 heavy (non-hydrogen) atoms. The molecule has 4 aromatic carbocycles. The van der Waals surface area contributed by atoms with Crippen molar-refractivity contribution >= 4 is 76.6 Å². The van der Waals surface area contributed by atoms with Crippen molar-refractivity contribution in [2.45, 2.75) is 119 Å². The van der Waals surface area contributed by atoms with Crippen molar-refractivity contribution in [2.75, 3.05) is 103 Å². The molecule has 0 aliphatic carbocycles. The lowest BCUT2D eigenvalue weighted by molar-refractivity contribution is 0.0513. The molecule has 2 atom stereocenters. The minimum Gasteiger partial charge on any atom is -0.496 e. The molecule has 8 rings (SSSR count). The van der Waals surface area contributed by atoms with E-state index in [-0.39, 0.29) is 93.6 Å². The highest BCUT2D eigenvalue weighted by Gasteiger charge is 2.40. The van der Waals surface area contributed by atoms with Crippen molar-refractivity contribution in [1.29, 1.82) is 0 Å². The Hall–Kier alpha value is -6.20. The standard InChI is InChI=1S/C36H49ClF2N2O6Si.C30H35ClF2N2O6/c1-11-46-34(43)25-20-41(29(35(2,3)4)21-47-48(9,10)36(5,6)7)26-19-28(44-8)22(17-24(26)33(25)42)16-23-18-27(32(39)30(37)31(23)38)40-12-14-45-15-13-40;1-6-41-29(38)20-15-35(24(16-36)30(2,3)4)21-14-23(39-5)17(12-19(21)28(20)37)11-18-13-22(27(33)25(31)26(18)32)34-7-9-40-10-8-34/h17-20,29H,11-16,21H2,1-10H3;12-15,24,36H,6-11,16H2,1-5H3/t29-;24-/m11/s1. The number of aromatic nitrogens is 2. The predicted molar refractivity (Wildman–Crippen MR) is 343 cm³/mol. The van der Waals surface area contributed by atoms with Gasteiger partial charge in [-0.05, 0) is 89.3 Å². The first-order chi connectivity index (χ1) is 41.7. The van der Waals surface area contributed by atoms with E-state index in [0.29, 0.717) is 92.9 Å². The van der Waals surface area contributed by atoms with E-state index in [0.717, 1.165) is 0 Å². The van der Waals surface area contributed by atoms with Gasteiger partial charge in [0.1, 0.15) is 44.3 Å². The molecule has 0 bridgehead atoms. The van der Waals surface area contributed by atoms with Gasteiger partial charge in [0.25, 0.3) is 0 Å². The predicted octanol–water partition coefficient (Wildman–Crippen LogP) is 13.3. The van der Waals surface area contributed by atoms with Crippen LogP contribution >= 0.6 is 23.2 Å². The van der Waals surface area contributed by atoms with Crippen LogP contribution in [0.2, 0.25) is 28.2 Å². The monoisotopic (exact) mass is 1300 g/mol. The molecule has 6 aromatic rings. The Labute approximate surface area is 528 Å². The molecule has 1 N–H and O–H groups in total. The third-order valence-corrected chi connectivity index (χ3v) is 22.1. The van der Waals surface area contributed by atoms with Gasteiger partial charge in [-0.2, -0.15) is 0 Å². The molecule has 2 aliphatic rings. The van der Waals surface area contributed by atoms with Gasteiger partial charge in [-0.15, -0.1) is 0 Å². The molecule has 2 aliphatic heterocycles. The summed E-state index contributed by atoms with van der Waals surface area (Å²) in [5.74, 6) is -4.27. The molecule has 0 spiro atoms. The van der Waals surface area contributed by atoms with Crippen LogP contribution < -0.4 is 30.1 Å². The summed E-state index contributed by atoms with van der Waals surface area (Å²) in [5.41, 5.74) is 0.203. The quantitative estimate of drug-likeness (QED) is 0.0373. The molecule has 2 saturated heterocycles. The Balaban J connectivity index is 0.000000257. The molecule has 0 unspecified atom stereocenters. The summed E-state index contributed by atoms with van der Waals surface area (Å²) in [6, 6.07) is 8.57. The third-order valence-electron chi connectivity index (χ3n) is 17.0. The Bertz CT molecular complexity index is 3720. The van der Waals surface area contributed by atoms with Crippen LogP contribution in [-0.4, -0.2) is 128 Å². The van der Waals surface area contributed by atoms with Gasteiger partial charge in [0.2, 0.25) is 10.9 Å². The van der Waals surface area contributed by atoms with Gasteiger partial charge in [0.05, 0.1) is 102 Å². The topological polar surface area (TPSA) is 169 Å². The molecule has 486 valence electrons. The van der Waals surface area contributed by atoms with Gasteiger partial charge in [0.15, 0.2) is 20.0 Å². The van der Waals surface area contributed by atoms with E-state index in [1.165, 1.54) is 38.6 Å². The maximum Gasteiger partial charge on any atom is 0.343 e. The summed E-state index contributed by atoms with van der Waals surface area (Å²) < 4.78 is 104. The minimum absolute atomic E-state index is 0.0323. The maximum atomic E-state index is 15.6. The number of nitrogens with zero attached hydrogens (tertiary/aromatic N) is 4. The van der Waals surface area contributed by atoms with Crippen LogP contribution in [0.4, 0.5) is 28.9 Å². The lowest BCUT2D eigenvalue weighted by Crippen LogP contribution is -2.43. The highest BCUT2D eigenvalue weighted by Crippen LogP contribution is 2.43. The minimum atomic E-state index is -2.18. The fraction of sp³-hybridized carbons (Fsp3) is 0.515.